The smallest absolute Gasteiger partial charge is 0.262 e. The number of benzene rings is 2. The molecule has 0 bridgehead atoms. The predicted octanol–water partition coefficient (Wildman–Crippen LogP) is 4.07. The van der Waals surface area contributed by atoms with Crippen LogP contribution in [0, 0.1) is 6.92 Å². The van der Waals surface area contributed by atoms with E-state index in [2.05, 4.69) is 4.72 Å². The highest BCUT2D eigenvalue weighted by atomic mass is 32.2. The Labute approximate surface area is 167 Å². The number of hydrogen-bond donors (Lipinski definition) is 1. The van der Waals surface area contributed by atoms with Gasteiger partial charge in [0.25, 0.3) is 15.9 Å². The van der Waals surface area contributed by atoms with Crippen molar-refractivity contribution in [3.63, 3.8) is 0 Å². The van der Waals surface area contributed by atoms with Gasteiger partial charge in [-0.05, 0) is 49.6 Å². The molecule has 1 N–H and O–H groups in total. The predicted molar refractivity (Wildman–Crippen MR) is 111 cm³/mol. The molecular weight excluding hydrogens is 376 g/mol. The van der Waals surface area contributed by atoms with Crippen LogP contribution in [0.25, 0.3) is 0 Å². The number of methoxy groups -OCH3 is 1. The summed E-state index contributed by atoms with van der Waals surface area (Å²) in [5.41, 5.74) is 1.28. The van der Waals surface area contributed by atoms with Crippen LogP contribution in [0.5, 0.6) is 5.75 Å². The second-order valence-corrected chi connectivity index (χ2v) is 8.23. The van der Waals surface area contributed by atoms with E-state index in [-0.39, 0.29) is 10.8 Å². The number of anilines is 1. The Morgan fingerprint density at radius 2 is 1.71 bits per heavy atom. The van der Waals surface area contributed by atoms with Crippen LogP contribution in [0.4, 0.5) is 5.69 Å². The van der Waals surface area contributed by atoms with Crippen molar-refractivity contribution >= 4 is 21.6 Å². The summed E-state index contributed by atoms with van der Waals surface area (Å²) >= 11 is 0. The molecule has 0 aliphatic heterocycles. The fraction of sp³-hybridized carbons (Fsp3) is 0.381. The second-order valence-electron chi connectivity index (χ2n) is 6.58. The van der Waals surface area contributed by atoms with Crippen molar-refractivity contribution in [2.45, 2.75) is 38.5 Å². The number of aryl methyl sites for hydroxylation is 1. The van der Waals surface area contributed by atoms with E-state index in [1.54, 1.807) is 48.2 Å². The number of hydrogen-bond acceptors (Lipinski definition) is 4. The molecule has 7 heteroatoms. The van der Waals surface area contributed by atoms with Gasteiger partial charge in [-0.2, -0.15) is 0 Å². The zero-order valence-electron chi connectivity index (χ0n) is 16.9. The maximum Gasteiger partial charge on any atom is 0.262 e. The number of nitrogens with zero attached hydrogens (tertiary/aromatic N) is 1. The quantitative estimate of drug-likeness (QED) is 0.684. The molecule has 0 aromatic heterocycles. The molecule has 0 aliphatic carbocycles. The van der Waals surface area contributed by atoms with Crippen molar-refractivity contribution in [3.8, 4) is 5.75 Å². The number of nitrogens with one attached hydrogen (secondary N) is 1. The molecule has 1 amide bonds. The summed E-state index contributed by atoms with van der Waals surface area (Å²) < 4.78 is 33.8. The SMILES string of the molecule is CCCN(CCC)C(=O)c1ccc(C)c(S(=O)(=O)Nc2ccccc2OC)c1. The molecule has 28 heavy (non-hydrogen) atoms. The van der Waals surface area contributed by atoms with Gasteiger partial charge in [-0.15, -0.1) is 0 Å². The Morgan fingerprint density at radius 1 is 1.07 bits per heavy atom. The van der Waals surface area contributed by atoms with Crippen LogP contribution in [0.2, 0.25) is 0 Å². The third-order valence-electron chi connectivity index (χ3n) is 4.35. The lowest BCUT2D eigenvalue weighted by Gasteiger charge is -2.22. The minimum absolute atomic E-state index is 0.0807. The minimum atomic E-state index is -3.88. The third kappa shape index (κ3) is 5.04. The molecule has 0 aliphatic rings. The van der Waals surface area contributed by atoms with Crippen LogP contribution < -0.4 is 9.46 Å². The summed E-state index contributed by atoms with van der Waals surface area (Å²) in [5, 5.41) is 0. The van der Waals surface area contributed by atoms with Crippen molar-refractivity contribution in [1.82, 2.24) is 4.90 Å². The van der Waals surface area contributed by atoms with Crippen molar-refractivity contribution in [3.05, 3.63) is 53.6 Å². The lowest BCUT2D eigenvalue weighted by molar-refractivity contribution is 0.0755. The maximum atomic E-state index is 13.0. The molecule has 0 spiro atoms. The van der Waals surface area contributed by atoms with Crippen LogP contribution in [-0.2, 0) is 10.0 Å². The summed E-state index contributed by atoms with van der Waals surface area (Å²) in [6, 6.07) is 11.6. The number of amides is 1. The summed E-state index contributed by atoms with van der Waals surface area (Å²) in [5.74, 6) is 0.269. The largest absolute Gasteiger partial charge is 0.495 e. The number of carbonyl (C=O) groups is 1. The van der Waals surface area contributed by atoms with Crippen LogP contribution in [0.1, 0.15) is 42.6 Å². The lowest BCUT2D eigenvalue weighted by atomic mass is 10.1. The number of para-hydroxylation sites is 2. The minimum Gasteiger partial charge on any atom is -0.495 e. The van der Waals surface area contributed by atoms with E-state index in [1.165, 1.54) is 13.2 Å². The summed E-state index contributed by atoms with van der Waals surface area (Å²) in [7, 11) is -2.40. The van der Waals surface area contributed by atoms with Gasteiger partial charge in [-0.25, -0.2) is 8.42 Å². The Hall–Kier alpha value is -2.54. The topological polar surface area (TPSA) is 75.7 Å². The van der Waals surface area contributed by atoms with Gasteiger partial charge in [0.05, 0.1) is 17.7 Å². The van der Waals surface area contributed by atoms with E-state index in [0.29, 0.717) is 35.7 Å². The van der Waals surface area contributed by atoms with Gasteiger partial charge in [0.1, 0.15) is 5.75 Å². The molecule has 2 rings (SSSR count). The molecule has 6 nitrogen and oxygen atoms in total. The highest BCUT2D eigenvalue weighted by Gasteiger charge is 2.22. The molecule has 0 fully saturated rings. The number of carbonyl (C=O) groups excluding carboxylic acids is 1. The molecule has 0 heterocycles. The normalized spacial score (nSPS) is 11.1. The van der Waals surface area contributed by atoms with Gasteiger partial charge in [0.15, 0.2) is 0 Å². The van der Waals surface area contributed by atoms with E-state index < -0.39 is 10.0 Å². The van der Waals surface area contributed by atoms with Crippen molar-refractivity contribution in [2.24, 2.45) is 0 Å². The van der Waals surface area contributed by atoms with Crippen LogP contribution in [0.3, 0.4) is 0 Å². The fourth-order valence-electron chi connectivity index (χ4n) is 2.99. The molecule has 0 saturated heterocycles. The first-order valence-electron chi connectivity index (χ1n) is 9.39. The molecule has 2 aromatic rings. The Morgan fingerprint density at radius 3 is 2.32 bits per heavy atom. The van der Waals surface area contributed by atoms with E-state index in [9.17, 15) is 13.2 Å². The molecule has 0 saturated carbocycles. The van der Waals surface area contributed by atoms with Crippen molar-refractivity contribution < 1.29 is 17.9 Å². The standard InChI is InChI=1S/C21H28N2O4S/c1-5-13-23(14-6-2)21(24)17-12-11-16(3)20(15-17)28(25,26)22-18-9-7-8-10-19(18)27-4/h7-12,15,22H,5-6,13-14H2,1-4H3. The van der Waals surface area contributed by atoms with Gasteiger partial charge >= 0.3 is 0 Å². The van der Waals surface area contributed by atoms with Crippen LogP contribution >= 0.6 is 0 Å². The van der Waals surface area contributed by atoms with Gasteiger partial charge < -0.3 is 9.64 Å². The number of rotatable bonds is 9. The Balaban J connectivity index is 2.39. The highest BCUT2D eigenvalue weighted by molar-refractivity contribution is 7.92. The highest BCUT2D eigenvalue weighted by Crippen LogP contribution is 2.27. The van der Waals surface area contributed by atoms with Gasteiger partial charge in [0.2, 0.25) is 0 Å². The third-order valence-corrected chi connectivity index (χ3v) is 5.86. The molecule has 2 aromatic carbocycles. The monoisotopic (exact) mass is 404 g/mol. The first-order valence-corrected chi connectivity index (χ1v) is 10.9. The van der Waals surface area contributed by atoms with E-state index in [0.717, 1.165) is 12.8 Å². The zero-order valence-corrected chi connectivity index (χ0v) is 17.7. The molecule has 152 valence electrons. The molecular formula is C21H28N2O4S. The second kappa shape index (κ2) is 9.59. The Bertz CT molecular complexity index is 920. The van der Waals surface area contributed by atoms with Gasteiger partial charge in [-0.1, -0.05) is 32.0 Å². The van der Waals surface area contributed by atoms with E-state index >= 15 is 0 Å². The average molecular weight is 405 g/mol. The van der Waals surface area contributed by atoms with E-state index in [4.69, 9.17) is 4.74 Å². The zero-order chi connectivity index (χ0) is 20.7. The molecule has 0 atom stereocenters. The summed E-state index contributed by atoms with van der Waals surface area (Å²) in [6.07, 6.45) is 1.69. The first kappa shape index (κ1) is 21.8. The number of sulfonamides is 1. The lowest BCUT2D eigenvalue weighted by Crippen LogP contribution is -2.32. The average Bonchev–Trinajstić information content (AvgIpc) is 2.67. The maximum absolute atomic E-state index is 13.0. The fourth-order valence-corrected chi connectivity index (χ4v) is 4.33. The molecule has 0 radical (unpaired) electrons. The van der Waals surface area contributed by atoms with Crippen LogP contribution in [-0.4, -0.2) is 39.4 Å². The summed E-state index contributed by atoms with van der Waals surface area (Å²) in [4.78, 5) is 14.7. The first-order chi connectivity index (χ1) is 13.3. The van der Waals surface area contributed by atoms with Crippen LogP contribution in [0.15, 0.2) is 47.4 Å². The number of ether oxygens (including phenoxy) is 1. The molecule has 0 unspecified atom stereocenters. The van der Waals surface area contributed by atoms with E-state index in [1.807, 2.05) is 13.8 Å². The van der Waals surface area contributed by atoms with Crippen molar-refractivity contribution in [2.75, 3.05) is 24.9 Å². The Kier molecular flexibility index (Phi) is 7.45. The van der Waals surface area contributed by atoms with Crippen molar-refractivity contribution in [1.29, 1.82) is 0 Å². The summed E-state index contributed by atoms with van der Waals surface area (Å²) in [6.45, 7) is 7.02. The van der Waals surface area contributed by atoms with Gasteiger partial charge in [0, 0.05) is 18.7 Å². The van der Waals surface area contributed by atoms with Gasteiger partial charge in [-0.3, -0.25) is 9.52 Å².